The Kier molecular flexibility index (Phi) is 4.57. The molecule has 1 saturated heterocycles. The molecule has 19 heavy (non-hydrogen) atoms. The fraction of sp³-hybridized carbons (Fsp3) is 0.625. The number of piperazine rings is 1. The van der Waals surface area contributed by atoms with E-state index >= 15 is 0 Å². The molecule has 0 aromatic heterocycles. The highest BCUT2D eigenvalue weighted by Gasteiger charge is 2.33. The maximum atomic E-state index is 3.69. The summed E-state index contributed by atoms with van der Waals surface area (Å²) >= 11 is 3.58. The van der Waals surface area contributed by atoms with Crippen LogP contribution < -0.4 is 10.2 Å². The third kappa shape index (κ3) is 3.14. The van der Waals surface area contributed by atoms with Crippen molar-refractivity contribution < 1.29 is 0 Å². The third-order valence-electron chi connectivity index (χ3n) is 4.39. The van der Waals surface area contributed by atoms with Gasteiger partial charge in [-0.1, -0.05) is 29.8 Å². The van der Waals surface area contributed by atoms with Gasteiger partial charge in [-0.15, -0.1) is 0 Å². The van der Waals surface area contributed by atoms with Gasteiger partial charge >= 0.3 is 0 Å². The number of benzene rings is 1. The summed E-state index contributed by atoms with van der Waals surface area (Å²) in [4.78, 5) is 2.57. The van der Waals surface area contributed by atoms with Crippen molar-refractivity contribution in [3.63, 3.8) is 0 Å². The zero-order chi connectivity index (χ0) is 14.0. The summed E-state index contributed by atoms with van der Waals surface area (Å²) in [5.74, 6) is 0. The minimum Gasteiger partial charge on any atom is -0.365 e. The first-order valence-corrected chi connectivity index (χ1v) is 8.08. The first kappa shape index (κ1) is 14.9. The molecule has 1 fully saturated rings. The van der Waals surface area contributed by atoms with E-state index in [4.69, 9.17) is 0 Å². The van der Waals surface area contributed by atoms with E-state index < -0.39 is 0 Å². The number of anilines is 1. The highest BCUT2D eigenvalue weighted by atomic mass is 79.9. The molecule has 2 rings (SSSR count). The predicted molar refractivity (Wildman–Crippen MR) is 87.0 cm³/mol. The Morgan fingerprint density at radius 1 is 1.42 bits per heavy atom. The molecule has 1 aromatic rings. The van der Waals surface area contributed by atoms with Crippen LogP contribution >= 0.6 is 15.9 Å². The van der Waals surface area contributed by atoms with Crippen LogP contribution in [0.25, 0.3) is 0 Å². The molecule has 1 N–H and O–H groups in total. The fourth-order valence-corrected chi connectivity index (χ4v) is 3.18. The molecule has 0 amide bonds. The Balaban J connectivity index is 2.33. The molecular formula is C16H25BrN2. The van der Waals surface area contributed by atoms with E-state index in [1.54, 1.807) is 0 Å². The van der Waals surface area contributed by atoms with Gasteiger partial charge < -0.3 is 10.2 Å². The lowest BCUT2D eigenvalue weighted by atomic mass is 9.92. The van der Waals surface area contributed by atoms with Gasteiger partial charge in [0, 0.05) is 34.8 Å². The van der Waals surface area contributed by atoms with Gasteiger partial charge in [0.25, 0.3) is 0 Å². The Bertz CT molecular complexity index is 446. The SMILES string of the molecule is CCc1cc(Br)ccc1N1CC(C)(CC)NCC1C. The van der Waals surface area contributed by atoms with Crippen molar-refractivity contribution >= 4 is 21.6 Å². The highest BCUT2D eigenvalue weighted by molar-refractivity contribution is 9.10. The monoisotopic (exact) mass is 324 g/mol. The number of nitrogens with zero attached hydrogens (tertiary/aromatic N) is 1. The van der Waals surface area contributed by atoms with Crippen LogP contribution in [0.2, 0.25) is 0 Å². The molecule has 1 aliphatic rings. The smallest absolute Gasteiger partial charge is 0.0402 e. The summed E-state index contributed by atoms with van der Waals surface area (Å²) in [5.41, 5.74) is 3.06. The molecule has 0 bridgehead atoms. The molecule has 3 heteroatoms. The minimum atomic E-state index is 0.227. The van der Waals surface area contributed by atoms with Gasteiger partial charge in [-0.05, 0) is 50.5 Å². The van der Waals surface area contributed by atoms with Gasteiger partial charge in [0.2, 0.25) is 0 Å². The van der Waals surface area contributed by atoms with Gasteiger partial charge in [-0.25, -0.2) is 0 Å². The van der Waals surface area contributed by atoms with Gasteiger partial charge in [0.05, 0.1) is 0 Å². The van der Waals surface area contributed by atoms with Crippen molar-refractivity contribution in [2.45, 2.75) is 52.1 Å². The van der Waals surface area contributed by atoms with E-state index in [0.29, 0.717) is 6.04 Å². The van der Waals surface area contributed by atoms with Gasteiger partial charge in [-0.3, -0.25) is 0 Å². The van der Waals surface area contributed by atoms with E-state index in [-0.39, 0.29) is 5.54 Å². The third-order valence-corrected chi connectivity index (χ3v) is 4.88. The van der Waals surface area contributed by atoms with Crippen LogP contribution in [-0.2, 0) is 6.42 Å². The molecule has 0 saturated carbocycles. The average Bonchev–Trinajstić information content (AvgIpc) is 2.42. The fourth-order valence-electron chi connectivity index (χ4n) is 2.77. The molecule has 1 heterocycles. The molecule has 0 spiro atoms. The number of halogens is 1. The van der Waals surface area contributed by atoms with Crippen LogP contribution in [0.3, 0.4) is 0 Å². The normalized spacial score (nSPS) is 27.6. The van der Waals surface area contributed by atoms with Crippen molar-refractivity contribution in [3.8, 4) is 0 Å². The molecule has 2 atom stereocenters. The average molecular weight is 325 g/mol. The topological polar surface area (TPSA) is 15.3 Å². The summed E-state index contributed by atoms with van der Waals surface area (Å²) in [7, 11) is 0. The van der Waals surface area contributed by atoms with Crippen LogP contribution in [0.5, 0.6) is 0 Å². The lowest BCUT2D eigenvalue weighted by Crippen LogP contribution is -2.62. The Hall–Kier alpha value is -0.540. The summed E-state index contributed by atoms with van der Waals surface area (Å²) in [6, 6.07) is 7.23. The largest absolute Gasteiger partial charge is 0.365 e. The summed E-state index contributed by atoms with van der Waals surface area (Å²) in [5, 5.41) is 3.69. The molecule has 1 aliphatic heterocycles. The number of nitrogens with one attached hydrogen (secondary N) is 1. The molecule has 1 aromatic carbocycles. The second-order valence-electron chi connectivity index (χ2n) is 5.90. The lowest BCUT2D eigenvalue weighted by Gasteiger charge is -2.46. The second kappa shape index (κ2) is 5.84. The van der Waals surface area contributed by atoms with Crippen LogP contribution in [0.15, 0.2) is 22.7 Å². The summed E-state index contributed by atoms with van der Waals surface area (Å²) < 4.78 is 1.18. The number of hydrogen-bond donors (Lipinski definition) is 1. The van der Waals surface area contributed by atoms with Crippen molar-refractivity contribution in [2.24, 2.45) is 0 Å². The Morgan fingerprint density at radius 3 is 2.79 bits per heavy atom. The summed E-state index contributed by atoms with van der Waals surface area (Å²) in [6.07, 6.45) is 2.24. The van der Waals surface area contributed by atoms with Crippen LogP contribution in [0, 0.1) is 0 Å². The molecule has 106 valence electrons. The summed E-state index contributed by atoms with van der Waals surface area (Å²) in [6.45, 7) is 11.3. The lowest BCUT2D eigenvalue weighted by molar-refractivity contribution is 0.285. The molecule has 0 aliphatic carbocycles. The van der Waals surface area contributed by atoms with E-state index in [9.17, 15) is 0 Å². The predicted octanol–water partition coefficient (Wildman–Crippen LogP) is 3.98. The maximum Gasteiger partial charge on any atom is 0.0402 e. The highest BCUT2D eigenvalue weighted by Crippen LogP contribution is 2.30. The first-order chi connectivity index (χ1) is 8.99. The van der Waals surface area contributed by atoms with Gasteiger partial charge in [0.15, 0.2) is 0 Å². The number of hydrogen-bond acceptors (Lipinski definition) is 2. The quantitative estimate of drug-likeness (QED) is 0.904. The van der Waals surface area contributed by atoms with Gasteiger partial charge in [-0.2, -0.15) is 0 Å². The number of aryl methyl sites for hydroxylation is 1. The number of rotatable bonds is 3. The minimum absolute atomic E-state index is 0.227. The van der Waals surface area contributed by atoms with E-state index in [1.807, 2.05) is 0 Å². The van der Waals surface area contributed by atoms with Crippen LogP contribution in [0.4, 0.5) is 5.69 Å². The standard InChI is InChI=1S/C16H25BrN2/c1-5-13-9-14(17)7-8-15(13)19-11-16(4,6-2)18-10-12(19)3/h7-9,12,18H,5-6,10-11H2,1-4H3. The molecule has 2 unspecified atom stereocenters. The van der Waals surface area contributed by atoms with Crippen molar-refractivity contribution in [3.05, 3.63) is 28.2 Å². The zero-order valence-corrected chi connectivity index (χ0v) is 14.0. The van der Waals surface area contributed by atoms with E-state index in [2.05, 4.69) is 72.0 Å². The van der Waals surface area contributed by atoms with Crippen molar-refractivity contribution in [2.75, 3.05) is 18.0 Å². The molecular weight excluding hydrogens is 300 g/mol. The van der Waals surface area contributed by atoms with Crippen molar-refractivity contribution in [1.82, 2.24) is 5.32 Å². The maximum absolute atomic E-state index is 3.69. The Labute approximate surface area is 125 Å². The van der Waals surface area contributed by atoms with E-state index in [0.717, 1.165) is 25.9 Å². The Morgan fingerprint density at radius 2 is 2.16 bits per heavy atom. The van der Waals surface area contributed by atoms with E-state index in [1.165, 1.54) is 15.7 Å². The van der Waals surface area contributed by atoms with Crippen LogP contribution in [0.1, 0.15) is 39.7 Å². The van der Waals surface area contributed by atoms with Gasteiger partial charge in [0.1, 0.15) is 0 Å². The van der Waals surface area contributed by atoms with Crippen LogP contribution in [-0.4, -0.2) is 24.7 Å². The molecule has 0 radical (unpaired) electrons. The molecule has 2 nitrogen and oxygen atoms in total. The second-order valence-corrected chi connectivity index (χ2v) is 6.81. The first-order valence-electron chi connectivity index (χ1n) is 7.29. The zero-order valence-electron chi connectivity index (χ0n) is 12.5. The van der Waals surface area contributed by atoms with Crippen molar-refractivity contribution in [1.29, 1.82) is 0 Å².